The van der Waals surface area contributed by atoms with Crippen LogP contribution in [0, 0.1) is 0 Å². The minimum absolute atomic E-state index is 0.294. The highest BCUT2D eigenvalue weighted by molar-refractivity contribution is 8.08. The van der Waals surface area contributed by atoms with Crippen molar-refractivity contribution in [3.8, 4) is 0 Å². The van der Waals surface area contributed by atoms with Gasteiger partial charge in [0.1, 0.15) is 11.8 Å². The van der Waals surface area contributed by atoms with Crippen LogP contribution in [-0.4, -0.2) is 37.2 Å². The predicted molar refractivity (Wildman–Crippen MR) is 83.9 cm³/mol. The van der Waals surface area contributed by atoms with Gasteiger partial charge in [-0.05, 0) is 0 Å². The van der Waals surface area contributed by atoms with Crippen molar-refractivity contribution in [1.29, 1.82) is 0 Å². The topological polar surface area (TPSA) is 110 Å². The van der Waals surface area contributed by atoms with Crippen molar-refractivity contribution in [2.45, 2.75) is 6.54 Å². The van der Waals surface area contributed by atoms with E-state index in [4.69, 9.17) is 10.2 Å². The zero-order chi connectivity index (χ0) is 14.9. The van der Waals surface area contributed by atoms with Gasteiger partial charge in [-0.15, -0.1) is 11.8 Å². The zero-order valence-electron chi connectivity index (χ0n) is 11.6. The van der Waals surface area contributed by atoms with Gasteiger partial charge in [-0.3, -0.25) is 0 Å². The van der Waals surface area contributed by atoms with Gasteiger partial charge in [0.15, 0.2) is 17.2 Å². The van der Waals surface area contributed by atoms with Crippen LogP contribution < -0.4 is 10.6 Å². The molecule has 3 aromatic rings. The number of hydrogen-bond acceptors (Lipinski definition) is 8. The lowest BCUT2D eigenvalue weighted by atomic mass is 10.4. The maximum Gasteiger partial charge on any atom is 0.208 e. The van der Waals surface area contributed by atoms with Crippen LogP contribution in [0.25, 0.3) is 16.1 Å². The van der Waals surface area contributed by atoms with Crippen LogP contribution >= 0.6 is 11.8 Å². The molecule has 8 nitrogen and oxygen atoms in total. The average Bonchev–Trinajstić information content (AvgIpc) is 3.23. The first-order chi connectivity index (χ1) is 10.8. The molecule has 0 fully saturated rings. The van der Waals surface area contributed by atoms with Crippen molar-refractivity contribution >= 4 is 33.6 Å². The first kappa shape index (κ1) is 13.3. The number of nitrogens with one attached hydrogen (secondary N) is 1. The third-order valence-corrected chi connectivity index (χ3v) is 4.31. The van der Waals surface area contributed by atoms with Crippen molar-refractivity contribution in [1.82, 2.24) is 24.9 Å². The molecule has 3 N–H and O–H groups in total. The number of H-pyrrole nitrogens is 1. The summed E-state index contributed by atoms with van der Waals surface area (Å²) >= 11 is 1.72. The zero-order valence-corrected chi connectivity index (χ0v) is 12.4. The van der Waals surface area contributed by atoms with E-state index in [1.54, 1.807) is 24.3 Å². The summed E-state index contributed by atoms with van der Waals surface area (Å²) in [6.07, 6.45) is 6.86. The van der Waals surface area contributed by atoms with E-state index >= 15 is 0 Å². The van der Waals surface area contributed by atoms with E-state index in [2.05, 4.69) is 29.8 Å². The number of thioether (sulfide) groups is 1. The number of oxazole rings is 1. The van der Waals surface area contributed by atoms with Crippen molar-refractivity contribution in [3.05, 3.63) is 36.7 Å². The van der Waals surface area contributed by atoms with Gasteiger partial charge in [0, 0.05) is 18.5 Å². The van der Waals surface area contributed by atoms with Gasteiger partial charge in [-0.25, -0.2) is 19.9 Å². The highest BCUT2D eigenvalue weighted by Gasteiger charge is 2.20. The van der Waals surface area contributed by atoms with Crippen molar-refractivity contribution in [3.63, 3.8) is 0 Å². The van der Waals surface area contributed by atoms with Gasteiger partial charge in [0.05, 0.1) is 24.0 Å². The van der Waals surface area contributed by atoms with Crippen LogP contribution in [0.15, 0.2) is 29.5 Å². The number of nitrogens with two attached hydrogens (primary N) is 1. The average molecular weight is 315 g/mol. The Labute approximate surface area is 129 Å². The largest absolute Gasteiger partial charge is 0.439 e. The molecule has 0 amide bonds. The van der Waals surface area contributed by atoms with Crippen molar-refractivity contribution < 1.29 is 4.42 Å². The molecule has 1 aliphatic heterocycles. The second-order valence-corrected chi connectivity index (χ2v) is 5.79. The highest BCUT2D eigenvalue weighted by Crippen LogP contribution is 2.34. The standard InChI is InChI=1S/C13H13N7OS/c14-3-10-15-4-8(21-10)9-5-20(1-2-22-9)13-11-12(17-6-16-11)18-7-19-13/h4-7H,1-3,14H2,(H,16,17,18,19). The molecule has 0 bridgehead atoms. The number of fused-ring (bicyclic) bond motifs is 1. The van der Waals surface area contributed by atoms with Gasteiger partial charge in [0.25, 0.3) is 0 Å². The van der Waals surface area contributed by atoms with Gasteiger partial charge >= 0.3 is 0 Å². The molecule has 0 aromatic carbocycles. The number of rotatable bonds is 3. The van der Waals surface area contributed by atoms with Crippen LogP contribution in [0.5, 0.6) is 0 Å². The van der Waals surface area contributed by atoms with Gasteiger partial charge < -0.3 is 20.0 Å². The molecule has 4 heterocycles. The summed E-state index contributed by atoms with van der Waals surface area (Å²) in [5.41, 5.74) is 7.02. The summed E-state index contributed by atoms with van der Waals surface area (Å²) in [6, 6.07) is 0. The smallest absolute Gasteiger partial charge is 0.208 e. The Morgan fingerprint density at radius 1 is 1.32 bits per heavy atom. The van der Waals surface area contributed by atoms with E-state index in [-0.39, 0.29) is 0 Å². The van der Waals surface area contributed by atoms with Gasteiger partial charge in [-0.2, -0.15) is 0 Å². The molecule has 0 spiro atoms. The fourth-order valence-corrected chi connectivity index (χ4v) is 3.23. The molecular weight excluding hydrogens is 302 g/mol. The Balaban J connectivity index is 1.73. The van der Waals surface area contributed by atoms with Crippen LogP contribution in [0.2, 0.25) is 0 Å². The number of aromatic nitrogens is 5. The van der Waals surface area contributed by atoms with E-state index < -0.39 is 0 Å². The molecular formula is C13H13N7OS. The fourth-order valence-electron chi connectivity index (χ4n) is 2.29. The fraction of sp³-hybridized carbons (Fsp3) is 0.231. The third-order valence-electron chi connectivity index (χ3n) is 3.31. The number of hydrogen-bond donors (Lipinski definition) is 2. The summed E-state index contributed by atoms with van der Waals surface area (Å²) in [5.74, 6) is 2.99. The Morgan fingerprint density at radius 2 is 2.27 bits per heavy atom. The van der Waals surface area contributed by atoms with Crippen LogP contribution in [0.4, 0.5) is 5.82 Å². The summed E-state index contributed by atoms with van der Waals surface area (Å²) in [6.45, 7) is 1.14. The molecule has 1 aliphatic rings. The third kappa shape index (κ3) is 2.24. The first-order valence-electron chi connectivity index (χ1n) is 6.75. The minimum Gasteiger partial charge on any atom is -0.439 e. The summed E-state index contributed by atoms with van der Waals surface area (Å²) in [5, 5.41) is 0. The summed E-state index contributed by atoms with van der Waals surface area (Å²) < 4.78 is 5.62. The molecule has 0 aliphatic carbocycles. The van der Waals surface area contributed by atoms with E-state index in [0.29, 0.717) is 18.1 Å². The first-order valence-corrected chi connectivity index (χ1v) is 7.74. The summed E-state index contributed by atoms with van der Waals surface area (Å²) in [4.78, 5) is 23.0. The van der Waals surface area contributed by atoms with E-state index in [1.165, 1.54) is 6.33 Å². The second-order valence-electron chi connectivity index (χ2n) is 4.66. The number of imidazole rings is 1. The number of nitrogens with zero attached hydrogens (tertiary/aromatic N) is 5. The molecule has 4 rings (SSSR count). The summed E-state index contributed by atoms with van der Waals surface area (Å²) in [7, 11) is 0. The SMILES string of the molecule is NCc1ncc(C2=CN(c3ncnc4nc[nH]c34)CCS2)o1. The predicted octanol–water partition coefficient (Wildman–Crippen LogP) is 1.35. The van der Waals surface area contributed by atoms with Gasteiger partial charge in [-0.1, -0.05) is 0 Å². The normalized spacial score (nSPS) is 15.3. The Hall–Kier alpha value is -2.39. The highest BCUT2D eigenvalue weighted by atomic mass is 32.2. The Bertz CT molecular complexity index is 840. The molecule has 0 saturated carbocycles. The van der Waals surface area contributed by atoms with E-state index in [9.17, 15) is 0 Å². The Morgan fingerprint density at radius 3 is 3.14 bits per heavy atom. The number of aromatic amines is 1. The molecule has 112 valence electrons. The lowest BCUT2D eigenvalue weighted by Gasteiger charge is -2.24. The second kappa shape index (κ2) is 5.43. The van der Waals surface area contributed by atoms with E-state index in [0.717, 1.165) is 34.3 Å². The monoisotopic (exact) mass is 315 g/mol. The molecule has 9 heteroatoms. The van der Waals surface area contributed by atoms with Crippen molar-refractivity contribution in [2.24, 2.45) is 5.73 Å². The molecule has 0 saturated heterocycles. The maximum atomic E-state index is 5.62. The molecule has 0 atom stereocenters. The lowest BCUT2D eigenvalue weighted by Crippen LogP contribution is -2.24. The van der Waals surface area contributed by atoms with Crippen molar-refractivity contribution in [2.75, 3.05) is 17.2 Å². The van der Waals surface area contributed by atoms with Crippen LogP contribution in [0.3, 0.4) is 0 Å². The number of anilines is 1. The Kier molecular flexibility index (Phi) is 3.28. The molecule has 3 aromatic heterocycles. The van der Waals surface area contributed by atoms with Crippen LogP contribution in [0.1, 0.15) is 11.7 Å². The molecule has 0 unspecified atom stereocenters. The van der Waals surface area contributed by atoms with Crippen LogP contribution in [-0.2, 0) is 6.54 Å². The lowest BCUT2D eigenvalue weighted by molar-refractivity contribution is 0.489. The van der Waals surface area contributed by atoms with E-state index in [1.807, 2.05) is 6.20 Å². The maximum absolute atomic E-state index is 5.62. The molecule has 22 heavy (non-hydrogen) atoms. The minimum atomic E-state index is 0.294. The molecule has 0 radical (unpaired) electrons. The van der Waals surface area contributed by atoms with Gasteiger partial charge in [0.2, 0.25) is 5.89 Å². The quantitative estimate of drug-likeness (QED) is 0.745.